The van der Waals surface area contributed by atoms with E-state index in [1.807, 2.05) is 0 Å². The molecule has 6 heteroatoms. The maximum Gasteiger partial charge on any atom is 0.502 e. The second kappa shape index (κ2) is 4.17. The Morgan fingerprint density at radius 3 is 2.47 bits per heavy atom. The molecule has 0 fully saturated rings. The molecule has 1 aromatic rings. The quantitative estimate of drug-likeness (QED) is 0.548. The molecule has 1 rings (SSSR count). The predicted molar refractivity (Wildman–Crippen MR) is 49.2 cm³/mol. The largest absolute Gasteiger partial charge is 0.502 e. The van der Waals surface area contributed by atoms with Gasteiger partial charge in [-0.3, -0.25) is 0 Å². The fourth-order valence-corrected chi connectivity index (χ4v) is 0.952. The zero-order valence-electron chi connectivity index (χ0n) is 7.42. The van der Waals surface area contributed by atoms with Crippen LogP contribution in [0.5, 0.6) is 0 Å². The van der Waals surface area contributed by atoms with Crippen LogP contribution in [0, 0.1) is 17.1 Å². The van der Waals surface area contributed by atoms with E-state index in [9.17, 15) is 17.3 Å². The van der Waals surface area contributed by atoms with E-state index < -0.39 is 12.8 Å². The Balaban J connectivity index is 2.99. The summed E-state index contributed by atoms with van der Waals surface area (Å²) in [5.74, 6) is -0.652. The fraction of sp³-hybridized carbons (Fsp3) is 0. The van der Waals surface area contributed by atoms with Crippen LogP contribution in [-0.2, 0) is 0 Å². The molecule has 0 aromatic heterocycles. The van der Waals surface area contributed by atoms with Crippen molar-refractivity contribution in [1.82, 2.24) is 0 Å². The molecule has 78 valence electrons. The lowest BCUT2D eigenvalue weighted by Gasteiger charge is -2.06. The van der Waals surface area contributed by atoms with Gasteiger partial charge < -0.3 is 12.9 Å². The Labute approximate surface area is 83.7 Å². The highest BCUT2D eigenvalue weighted by molar-refractivity contribution is 6.64. The molecule has 0 heterocycles. The zero-order valence-corrected chi connectivity index (χ0v) is 7.42. The molecule has 0 spiro atoms. The Kier molecular flexibility index (Phi) is 3.15. The lowest BCUT2D eigenvalue weighted by atomic mass is 9.90. The average Bonchev–Trinajstić information content (AvgIpc) is 2.15. The molecule has 0 aliphatic heterocycles. The van der Waals surface area contributed by atoms with E-state index in [0.29, 0.717) is 0 Å². The Morgan fingerprint density at radius 1 is 1.27 bits per heavy atom. The molecule has 0 unspecified atom stereocenters. The molecule has 1 aromatic carbocycles. The van der Waals surface area contributed by atoms with Gasteiger partial charge in [-0.2, -0.15) is 5.26 Å². The molecule has 0 N–H and O–H groups in total. The highest BCUT2D eigenvalue weighted by Gasteiger charge is 2.17. The summed E-state index contributed by atoms with van der Waals surface area (Å²) >= 11 is 0. The van der Waals surface area contributed by atoms with Crippen LogP contribution in [0.15, 0.2) is 24.2 Å². The van der Waals surface area contributed by atoms with Gasteiger partial charge in [0.2, 0.25) is 0 Å². The van der Waals surface area contributed by atoms with Crippen molar-refractivity contribution in [3.63, 3.8) is 0 Å². The molecular formula is C9H5BF4N-. The van der Waals surface area contributed by atoms with Crippen LogP contribution in [0.1, 0.15) is 11.1 Å². The average molecular weight is 214 g/mol. The van der Waals surface area contributed by atoms with E-state index in [-0.39, 0.29) is 17.1 Å². The number of halogens is 4. The van der Waals surface area contributed by atoms with Gasteiger partial charge in [0.05, 0.1) is 5.56 Å². The molecular weight excluding hydrogens is 209 g/mol. The maximum atomic E-state index is 12.8. The maximum absolute atomic E-state index is 12.8. The molecule has 0 aliphatic carbocycles. The lowest BCUT2D eigenvalue weighted by molar-refractivity contribution is 0.499. The number of nitrogens with zero attached hydrogens (tertiary/aromatic N) is 1. The van der Waals surface area contributed by atoms with Gasteiger partial charge in [-0.25, -0.2) is 4.39 Å². The van der Waals surface area contributed by atoms with Gasteiger partial charge in [-0.05, 0) is 17.7 Å². The van der Waals surface area contributed by atoms with E-state index >= 15 is 0 Å². The standard InChI is InChI=1S/C9H5BF4N/c11-9-2-1-7(5-8(9)6-15)3-4-10(12,13)14/h1-5H/q-1/b4-3+. The first-order chi connectivity index (χ1) is 6.92. The Bertz CT molecular complexity index is 431. The predicted octanol–water partition coefficient (Wildman–Crippen LogP) is 3.10. The Hall–Kier alpha value is -1.77. The third-order valence-corrected chi connectivity index (χ3v) is 1.62. The van der Waals surface area contributed by atoms with Gasteiger partial charge in [-0.1, -0.05) is 12.1 Å². The van der Waals surface area contributed by atoms with E-state index in [4.69, 9.17) is 5.26 Å². The van der Waals surface area contributed by atoms with Crippen molar-refractivity contribution in [1.29, 1.82) is 5.26 Å². The molecule has 0 amide bonds. The molecule has 0 aliphatic rings. The first kappa shape index (κ1) is 11.3. The van der Waals surface area contributed by atoms with E-state index in [2.05, 4.69) is 0 Å². The topological polar surface area (TPSA) is 23.8 Å². The smallest absolute Gasteiger partial charge is 0.445 e. The van der Waals surface area contributed by atoms with Crippen LogP contribution >= 0.6 is 0 Å². The van der Waals surface area contributed by atoms with Gasteiger partial charge in [-0.15, -0.1) is 5.98 Å². The summed E-state index contributed by atoms with van der Waals surface area (Å²) in [6.45, 7) is -5.01. The summed E-state index contributed by atoms with van der Waals surface area (Å²) in [5, 5.41) is 8.44. The molecule has 0 bridgehead atoms. The van der Waals surface area contributed by atoms with Crippen LogP contribution in [0.2, 0.25) is 0 Å². The van der Waals surface area contributed by atoms with Crippen molar-refractivity contribution in [3.05, 3.63) is 41.1 Å². The van der Waals surface area contributed by atoms with Crippen molar-refractivity contribution in [2.75, 3.05) is 0 Å². The summed E-state index contributed by atoms with van der Waals surface area (Å²) in [6.07, 6.45) is 0.806. The molecule has 0 atom stereocenters. The van der Waals surface area contributed by atoms with Gasteiger partial charge in [0.15, 0.2) is 0 Å². The van der Waals surface area contributed by atoms with Crippen molar-refractivity contribution < 1.29 is 17.3 Å². The fourth-order valence-electron chi connectivity index (χ4n) is 0.952. The zero-order chi connectivity index (χ0) is 11.5. The summed E-state index contributed by atoms with van der Waals surface area (Å²) in [5.41, 5.74) is -0.126. The second-order valence-corrected chi connectivity index (χ2v) is 2.84. The van der Waals surface area contributed by atoms with Crippen LogP contribution < -0.4 is 0 Å². The first-order valence-corrected chi connectivity index (χ1v) is 4.01. The van der Waals surface area contributed by atoms with Crippen molar-refractivity contribution in [2.45, 2.75) is 0 Å². The van der Waals surface area contributed by atoms with Crippen molar-refractivity contribution in [2.24, 2.45) is 0 Å². The first-order valence-electron chi connectivity index (χ1n) is 4.01. The number of benzene rings is 1. The summed E-state index contributed by atoms with van der Waals surface area (Å²) in [4.78, 5) is 0. The lowest BCUT2D eigenvalue weighted by Crippen LogP contribution is -2.09. The minimum Gasteiger partial charge on any atom is -0.445 e. The van der Waals surface area contributed by atoms with Gasteiger partial charge in [0, 0.05) is 0 Å². The Morgan fingerprint density at radius 2 is 1.93 bits per heavy atom. The molecule has 15 heavy (non-hydrogen) atoms. The van der Waals surface area contributed by atoms with Gasteiger partial charge in [0.1, 0.15) is 11.9 Å². The minimum absolute atomic E-state index is 0.0917. The van der Waals surface area contributed by atoms with E-state index in [1.54, 1.807) is 6.07 Å². The minimum atomic E-state index is -5.01. The summed E-state index contributed by atoms with van der Waals surface area (Å²) in [6, 6.07) is 4.75. The van der Waals surface area contributed by atoms with Crippen LogP contribution in [0.25, 0.3) is 6.08 Å². The molecule has 0 saturated heterocycles. The monoisotopic (exact) mass is 214 g/mol. The van der Waals surface area contributed by atoms with Crippen LogP contribution in [-0.4, -0.2) is 6.98 Å². The van der Waals surface area contributed by atoms with Crippen molar-refractivity contribution in [3.8, 4) is 6.07 Å². The van der Waals surface area contributed by atoms with Gasteiger partial charge >= 0.3 is 6.98 Å². The van der Waals surface area contributed by atoms with Crippen LogP contribution in [0.3, 0.4) is 0 Å². The normalized spacial score (nSPS) is 11.7. The molecule has 1 nitrogen and oxygen atoms in total. The van der Waals surface area contributed by atoms with E-state index in [1.165, 1.54) is 6.07 Å². The second-order valence-electron chi connectivity index (χ2n) is 2.84. The summed E-state index contributed by atoms with van der Waals surface area (Å²) in [7, 11) is 0. The highest BCUT2D eigenvalue weighted by atomic mass is 19.4. The number of hydrogen-bond acceptors (Lipinski definition) is 1. The van der Waals surface area contributed by atoms with E-state index in [0.717, 1.165) is 18.2 Å². The SMILES string of the molecule is N#Cc1cc(/C=C/[B-](F)(F)F)ccc1F. The number of rotatable bonds is 2. The molecule has 0 radical (unpaired) electrons. The third kappa shape index (κ3) is 3.46. The molecule has 0 saturated carbocycles. The highest BCUT2D eigenvalue weighted by Crippen LogP contribution is 2.15. The number of nitriles is 1. The van der Waals surface area contributed by atoms with Crippen LogP contribution in [0.4, 0.5) is 17.3 Å². The summed E-state index contributed by atoms with van der Waals surface area (Å²) < 4.78 is 48.3. The van der Waals surface area contributed by atoms with Crippen molar-refractivity contribution >= 4 is 13.1 Å². The van der Waals surface area contributed by atoms with Gasteiger partial charge in [0.25, 0.3) is 0 Å². The third-order valence-electron chi connectivity index (χ3n) is 1.62. The number of hydrogen-bond donors (Lipinski definition) is 0.